The summed E-state index contributed by atoms with van der Waals surface area (Å²) in [5.41, 5.74) is 0. The average Bonchev–Trinajstić information content (AvgIpc) is 3.14. The van der Waals surface area contributed by atoms with Crippen LogP contribution in [0, 0.1) is 0 Å². The van der Waals surface area contributed by atoms with Crippen LogP contribution in [0.15, 0.2) is 17.1 Å². The number of carbonyl (C=O) groups is 1. The molecule has 0 bridgehead atoms. The predicted octanol–water partition coefficient (Wildman–Crippen LogP) is 6.21. The first-order chi connectivity index (χ1) is 14.6. The van der Waals surface area contributed by atoms with Crippen molar-refractivity contribution in [3.63, 3.8) is 0 Å². The Bertz CT molecular complexity index is 446. The van der Waals surface area contributed by atoms with E-state index in [1.54, 1.807) is 0 Å². The number of aliphatic carboxylic acids is 1. The molecule has 0 unspecified atom stereocenters. The van der Waals surface area contributed by atoms with Crippen molar-refractivity contribution in [2.24, 2.45) is 4.99 Å². The first kappa shape index (κ1) is 28.6. The molecule has 0 spiro atoms. The Morgan fingerprint density at radius 2 is 1.43 bits per heavy atom. The van der Waals surface area contributed by atoms with Gasteiger partial charge in [0.05, 0.1) is 19.0 Å². The Balaban J connectivity index is 0.00000192. The fraction of sp³-hybridized carbons (Fsp3) is 0.840. The molecule has 1 heterocycles. The van der Waals surface area contributed by atoms with Crippen molar-refractivity contribution < 1.29 is 15.0 Å². The minimum Gasteiger partial charge on any atom is -0.481 e. The second-order valence-electron chi connectivity index (χ2n) is 8.22. The monoisotopic (exact) mass is 424 g/mol. The van der Waals surface area contributed by atoms with E-state index in [9.17, 15) is 0 Å². The zero-order valence-electron chi connectivity index (χ0n) is 19.8. The molecule has 0 amide bonds. The molecule has 1 aliphatic rings. The van der Waals surface area contributed by atoms with Gasteiger partial charge in [-0.1, -0.05) is 76.9 Å². The van der Waals surface area contributed by atoms with Crippen molar-refractivity contribution in [1.29, 1.82) is 0 Å². The lowest BCUT2D eigenvalue weighted by Crippen LogP contribution is -2.30. The van der Waals surface area contributed by atoms with Crippen molar-refractivity contribution in [2.75, 3.05) is 26.2 Å². The SMILES string of the molecule is CC(=O)O.CCCCCCCCC=CCCCCCCCCC1=NCCN1CCO. The molecule has 2 N–H and O–H groups in total. The second-order valence-corrected chi connectivity index (χ2v) is 8.22. The first-order valence-corrected chi connectivity index (χ1v) is 12.4. The molecule has 0 aromatic carbocycles. The zero-order chi connectivity index (χ0) is 22.3. The molecule has 0 saturated carbocycles. The summed E-state index contributed by atoms with van der Waals surface area (Å²) in [5.74, 6) is 0.398. The minimum absolute atomic E-state index is 0.242. The quantitative estimate of drug-likeness (QED) is 0.203. The van der Waals surface area contributed by atoms with E-state index in [2.05, 4.69) is 29.0 Å². The van der Waals surface area contributed by atoms with Crippen molar-refractivity contribution in [3.8, 4) is 0 Å². The van der Waals surface area contributed by atoms with Crippen LogP contribution < -0.4 is 0 Å². The van der Waals surface area contributed by atoms with E-state index in [-0.39, 0.29) is 6.61 Å². The number of allylic oxidation sites excluding steroid dienone is 2. The van der Waals surface area contributed by atoms with Crippen LogP contribution in [-0.2, 0) is 4.79 Å². The van der Waals surface area contributed by atoms with E-state index in [4.69, 9.17) is 15.0 Å². The summed E-state index contributed by atoms with van der Waals surface area (Å²) in [5, 5.41) is 16.5. The molecule has 0 atom stereocenters. The maximum Gasteiger partial charge on any atom is 0.300 e. The number of hydrogen-bond donors (Lipinski definition) is 2. The van der Waals surface area contributed by atoms with Gasteiger partial charge >= 0.3 is 0 Å². The Hall–Kier alpha value is -1.36. The molecule has 5 heteroatoms. The number of rotatable bonds is 18. The maximum absolute atomic E-state index is 9.06. The molecule has 1 aliphatic heterocycles. The smallest absolute Gasteiger partial charge is 0.300 e. The highest BCUT2D eigenvalue weighted by Crippen LogP contribution is 2.13. The Morgan fingerprint density at radius 1 is 0.933 bits per heavy atom. The summed E-state index contributed by atoms with van der Waals surface area (Å²) < 4.78 is 0. The Morgan fingerprint density at radius 3 is 1.97 bits per heavy atom. The van der Waals surface area contributed by atoms with Gasteiger partial charge in [-0.15, -0.1) is 0 Å². The second kappa shape index (κ2) is 22.3. The van der Waals surface area contributed by atoms with Gasteiger partial charge in [0, 0.05) is 26.4 Å². The average molecular weight is 425 g/mol. The van der Waals surface area contributed by atoms with Gasteiger partial charge in [-0.05, 0) is 32.1 Å². The summed E-state index contributed by atoms with van der Waals surface area (Å²) >= 11 is 0. The molecule has 0 aliphatic carbocycles. The van der Waals surface area contributed by atoms with Gasteiger partial charge in [0.25, 0.3) is 5.97 Å². The number of amidine groups is 1. The van der Waals surface area contributed by atoms with Crippen LogP contribution in [0.3, 0.4) is 0 Å². The number of carboxylic acids is 1. The Labute approximate surface area is 185 Å². The molecular weight excluding hydrogens is 376 g/mol. The summed E-state index contributed by atoms with van der Waals surface area (Å²) in [6, 6.07) is 0. The highest BCUT2D eigenvalue weighted by molar-refractivity contribution is 5.83. The molecular formula is C25H48N2O3. The van der Waals surface area contributed by atoms with Crippen molar-refractivity contribution in [2.45, 2.75) is 110 Å². The van der Waals surface area contributed by atoms with Crippen molar-refractivity contribution in [1.82, 2.24) is 4.90 Å². The standard InChI is InChI=1S/C23H44N2O.C2H4O2/c1-2-3-4-5-6-7-8-9-10-11-12-13-14-15-16-17-18-23-24-19-20-25(23)21-22-26;1-2(3)4/h9-10,26H,2-8,11-22H2,1H3;1H3,(H,3,4). The van der Waals surface area contributed by atoms with E-state index >= 15 is 0 Å². The van der Waals surface area contributed by atoms with Gasteiger partial charge in [-0.3, -0.25) is 9.79 Å². The molecule has 5 nitrogen and oxygen atoms in total. The number of hydrogen-bond acceptors (Lipinski definition) is 4. The van der Waals surface area contributed by atoms with Gasteiger partial charge in [0.15, 0.2) is 0 Å². The fourth-order valence-corrected chi connectivity index (χ4v) is 3.66. The fourth-order valence-electron chi connectivity index (χ4n) is 3.66. The van der Waals surface area contributed by atoms with E-state index < -0.39 is 5.97 Å². The lowest BCUT2D eigenvalue weighted by molar-refractivity contribution is -0.134. The number of aliphatic imine (C=N–C) groups is 1. The van der Waals surface area contributed by atoms with Crippen molar-refractivity contribution >= 4 is 11.8 Å². The third-order valence-electron chi connectivity index (χ3n) is 5.31. The molecule has 30 heavy (non-hydrogen) atoms. The van der Waals surface area contributed by atoms with Crippen LogP contribution in [-0.4, -0.2) is 53.2 Å². The summed E-state index contributed by atoms with van der Waals surface area (Å²) in [6.07, 6.45) is 24.9. The number of carboxylic acid groups (broad SMARTS) is 1. The molecule has 0 aromatic rings. The van der Waals surface area contributed by atoms with Gasteiger partial charge < -0.3 is 15.1 Å². The molecule has 1 rings (SSSR count). The summed E-state index contributed by atoms with van der Waals surface area (Å²) in [4.78, 5) is 15.8. The number of aliphatic hydroxyl groups excluding tert-OH is 1. The first-order valence-electron chi connectivity index (χ1n) is 12.4. The zero-order valence-corrected chi connectivity index (χ0v) is 19.8. The largest absolute Gasteiger partial charge is 0.481 e. The lowest BCUT2D eigenvalue weighted by atomic mass is 10.1. The third-order valence-corrected chi connectivity index (χ3v) is 5.31. The van der Waals surface area contributed by atoms with Gasteiger partial charge in [0.2, 0.25) is 0 Å². The normalized spacial score (nSPS) is 13.4. The third kappa shape index (κ3) is 19.9. The Kier molecular flexibility index (Phi) is 21.3. The van der Waals surface area contributed by atoms with E-state index in [0.717, 1.165) is 33.0 Å². The van der Waals surface area contributed by atoms with Crippen LogP contribution in [0.5, 0.6) is 0 Å². The number of aliphatic hydroxyl groups is 1. The molecule has 0 radical (unpaired) electrons. The summed E-state index contributed by atoms with van der Waals surface area (Å²) in [7, 11) is 0. The molecule has 0 saturated heterocycles. The number of nitrogens with zero attached hydrogens (tertiary/aromatic N) is 2. The lowest BCUT2D eigenvalue weighted by Gasteiger charge is -2.18. The maximum atomic E-state index is 9.06. The summed E-state index contributed by atoms with van der Waals surface area (Å²) in [6.45, 7) is 6.28. The minimum atomic E-state index is -0.833. The number of β-amino-alcohol motifs (C(OH)–C–C–N with tert-alkyl or cyclic N) is 1. The van der Waals surface area contributed by atoms with Crippen LogP contribution in [0.25, 0.3) is 0 Å². The van der Waals surface area contributed by atoms with Crippen LogP contribution in [0.2, 0.25) is 0 Å². The van der Waals surface area contributed by atoms with Gasteiger partial charge in [-0.25, -0.2) is 0 Å². The highest BCUT2D eigenvalue weighted by Gasteiger charge is 2.14. The molecule has 0 fully saturated rings. The molecule has 176 valence electrons. The van der Waals surface area contributed by atoms with Gasteiger partial charge in [-0.2, -0.15) is 0 Å². The van der Waals surface area contributed by atoms with Gasteiger partial charge in [0.1, 0.15) is 0 Å². The van der Waals surface area contributed by atoms with E-state index in [1.165, 1.54) is 95.7 Å². The van der Waals surface area contributed by atoms with Crippen LogP contribution >= 0.6 is 0 Å². The predicted molar refractivity (Wildman–Crippen MR) is 128 cm³/mol. The highest BCUT2D eigenvalue weighted by atomic mass is 16.4. The van der Waals surface area contributed by atoms with E-state index in [0.29, 0.717) is 0 Å². The van der Waals surface area contributed by atoms with Crippen LogP contribution in [0.4, 0.5) is 0 Å². The van der Waals surface area contributed by atoms with E-state index in [1.807, 2.05) is 0 Å². The van der Waals surface area contributed by atoms with Crippen LogP contribution in [0.1, 0.15) is 110 Å². The molecule has 0 aromatic heterocycles. The number of unbranched alkanes of at least 4 members (excludes halogenated alkanes) is 12. The topological polar surface area (TPSA) is 73.1 Å². The van der Waals surface area contributed by atoms with Crippen molar-refractivity contribution in [3.05, 3.63) is 12.2 Å².